The molecule has 8 aromatic carbocycles. The Morgan fingerprint density at radius 3 is 0.912 bits per heavy atom. The van der Waals surface area contributed by atoms with Crippen LogP contribution in [-0.4, -0.2) is 175 Å². The molecule has 41 heteroatoms. The van der Waals surface area contributed by atoms with Crippen molar-refractivity contribution in [1.29, 1.82) is 0 Å². The molecule has 2 amide bonds. The Hall–Kier alpha value is -10.3. The number of benzene rings is 8. The first-order chi connectivity index (χ1) is 63.7. The minimum atomic E-state index is -0.885. The van der Waals surface area contributed by atoms with Gasteiger partial charge in [0, 0.05) is 126 Å². The zero-order chi connectivity index (χ0) is 97.9. The molecule has 3 N–H and O–H groups in total. The number of halogens is 16. The van der Waals surface area contributed by atoms with Gasteiger partial charge in [-0.15, -0.1) is 47.3 Å². The fourth-order valence-electron chi connectivity index (χ4n) is 17.6. The zero-order valence-electron chi connectivity index (χ0n) is 75.1. The van der Waals surface area contributed by atoms with Crippen molar-refractivity contribution in [3.05, 3.63) is 240 Å². The topological polar surface area (TPSA) is 280 Å². The van der Waals surface area contributed by atoms with Crippen LogP contribution < -0.4 is 47.9 Å². The van der Waals surface area contributed by atoms with Gasteiger partial charge >= 0.3 is 28.0 Å². The summed E-state index contributed by atoms with van der Waals surface area (Å²) in [5, 5.41) is 21.3. The number of piperidine rings is 2. The third-order valence-electron chi connectivity index (χ3n) is 22.5. The number of phenols is 2. The molecule has 16 rings (SSSR count). The Kier molecular flexibility index (Phi) is 38.9. The third-order valence-corrected chi connectivity index (χ3v) is 23.9. The number of rotatable bonds is 14. The normalized spacial score (nSPS) is 17.8. The number of methoxy groups -OCH3 is 1. The molecule has 0 bridgehead atoms. The van der Waals surface area contributed by atoms with Crippen LogP contribution in [0.25, 0.3) is 88.1 Å². The van der Waals surface area contributed by atoms with Crippen molar-refractivity contribution >= 4 is 198 Å². The third kappa shape index (κ3) is 24.5. The Morgan fingerprint density at radius 2 is 0.654 bits per heavy atom. The Morgan fingerprint density at radius 1 is 0.404 bits per heavy atom. The van der Waals surface area contributed by atoms with E-state index in [0.29, 0.717) is 94.7 Å². The smallest absolute Gasteiger partial charge is 0.870 e. The van der Waals surface area contributed by atoms with E-state index >= 15 is 17.6 Å². The molecule has 0 aliphatic carbocycles. The van der Waals surface area contributed by atoms with Crippen molar-refractivity contribution in [2.75, 3.05) is 79.1 Å². The van der Waals surface area contributed by atoms with Gasteiger partial charge in [-0.2, -0.15) is 0 Å². The SMILES string of the molecule is BrB(Br)Br.C=CC(=O)Cl.C=CC(=O)N1[C@H](C)CN(c2ncnc3c(F)c(-c4c(O)cccc4F)c(Cl)cc23)C[C@@H]1C.C=CC(=O)Oc1cccc(F)c1-c1c(Cl)cc2c(N3C[C@@H](C)N(C(=O)C=C)[C@@H](C)C3)ncnc2c1F.COc1cccc(F)c1-c1c(Cl)cc2c(N3C[C@H](C)C[C@H](C)C3)ncnc2c1F.C[C@@H]1C[C@H](C)CN(c2ncnc3c(F)c(-c4c(O)cccc4F)c(Cl)cc23)C1.[Li+].[OH-]. The second-order valence-corrected chi connectivity index (χ2v) is 40.9. The van der Waals surface area contributed by atoms with Crippen molar-refractivity contribution < 1.29 is 98.3 Å². The second kappa shape index (κ2) is 48.3. The summed E-state index contributed by atoms with van der Waals surface area (Å²) in [6.07, 6.45) is 11.9. The molecule has 0 saturated carbocycles. The molecule has 0 unspecified atom stereocenters. The summed E-state index contributed by atoms with van der Waals surface area (Å²) in [5.74, 6) is -3.99. The fourth-order valence-corrected chi connectivity index (χ4v) is 18.7. The number of phenolic OH excluding ortho intramolecular Hbond substituents is 2. The molecule has 4 fully saturated rings. The van der Waals surface area contributed by atoms with Crippen LogP contribution >= 0.6 is 105 Å². The van der Waals surface area contributed by atoms with E-state index in [1.165, 1.54) is 105 Å². The van der Waals surface area contributed by atoms with Crippen LogP contribution in [0.3, 0.4) is 0 Å². The maximum Gasteiger partial charge on any atom is 1.00 e. The van der Waals surface area contributed by atoms with Gasteiger partial charge in [-0.25, -0.2) is 79.8 Å². The van der Waals surface area contributed by atoms with Crippen LogP contribution in [0, 0.1) is 70.2 Å². The molecule has 0 spiro atoms. The summed E-state index contributed by atoms with van der Waals surface area (Å²) in [7, 11) is 1.41. The van der Waals surface area contributed by atoms with Gasteiger partial charge < -0.3 is 54.6 Å². The molecule has 8 heterocycles. The number of hydrogen-bond acceptors (Lipinski definition) is 21. The average molecular weight is 2160 g/mol. The van der Waals surface area contributed by atoms with Crippen molar-refractivity contribution in [3.8, 4) is 67.5 Å². The van der Waals surface area contributed by atoms with E-state index in [1.807, 2.05) is 37.5 Å². The van der Waals surface area contributed by atoms with Crippen LogP contribution in [0.2, 0.25) is 20.1 Å². The number of carbonyl (C=O) groups excluding carboxylic acids is 4. The quantitative estimate of drug-likeness (QED) is 0.0255. The summed E-state index contributed by atoms with van der Waals surface area (Å²) in [5.41, 5.74) is -1.67. The number of ether oxygens (including phenoxy) is 2. The predicted molar refractivity (Wildman–Crippen MR) is 528 cm³/mol. The molecule has 4 aliphatic rings. The molecule has 4 saturated heterocycles. The number of hydrogen-bond donors (Lipinski definition) is 2. The summed E-state index contributed by atoms with van der Waals surface area (Å²) >= 11 is 39.7. The van der Waals surface area contributed by atoms with Gasteiger partial charge in [0.2, 0.25) is 17.1 Å². The first-order valence-electron chi connectivity index (χ1n) is 41.7. The maximum atomic E-state index is 15.9. The van der Waals surface area contributed by atoms with E-state index in [0.717, 1.165) is 69.4 Å². The number of fused-ring (bicyclic) bond motifs is 4. The Balaban J connectivity index is 0.000000197. The molecule has 4 aliphatic heterocycles. The van der Waals surface area contributed by atoms with E-state index < -0.39 is 63.5 Å². The Bertz CT molecular complexity index is 6440. The minimum absolute atomic E-state index is 0. The van der Waals surface area contributed by atoms with Crippen molar-refractivity contribution in [1.82, 2.24) is 49.7 Å². The van der Waals surface area contributed by atoms with Crippen LogP contribution in [0.4, 0.5) is 58.4 Å². The summed E-state index contributed by atoms with van der Waals surface area (Å²) in [6.45, 7) is 35.0. The number of esters is 1. The number of piperazine rings is 2. The number of amides is 2. The zero-order valence-corrected chi connectivity index (χ0v) is 83.6. The van der Waals surface area contributed by atoms with E-state index in [4.69, 9.17) is 67.5 Å². The van der Waals surface area contributed by atoms with E-state index in [1.54, 1.807) is 28.0 Å². The molecule has 12 aromatic rings. The average Bonchev–Trinajstić information content (AvgIpc) is 0.752. The van der Waals surface area contributed by atoms with Crippen molar-refractivity contribution in [3.63, 3.8) is 0 Å². The number of carbonyl (C=O) groups is 4. The van der Waals surface area contributed by atoms with Gasteiger partial charge in [0.1, 0.15) is 117 Å². The summed E-state index contributed by atoms with van der Waals surface area (Å²) in [4.78, 5) is 91.3. The van der Waals surface area contributed by atoms with Gasteiger partial charge in [0.05, 0.1) is 49.5 Å². The molecule has 4 aromatic heterocycles. The van der Waals surface area contributed by atoms with Crippen LogP contribution in [-0.2, 0) is 19.2 Å². The summed E-state index contributed by atoms with van der Waals surface area (Å²) < 4.78 is 131. The largest absolute Gasteiger partial charge is 1.00 e. The minimum Gasteiger partial charge on any atom is -0.870 e. The second-order valence-electron chi connectivity index (χ2n) is 32.4. The van der Waals surface area contributed by atoms with E-state index in [2.05, 4.69) is 151 Å². The van der Waals surface area contributed by atoms with Crippen molar-refractivity contribution in [2.45, 2.75) is 92.4 Å². The van der Waals surface area contributed by atoms with Crippen LogP contribution in [0.1, 0.15) is 68.2 Å². The molecular weight excluding hydrogens is 2070 g/mol. The predicted octanol–water partition coefficient (Wildman–Crippen LogP) is 20.5. The first kappa shape index (κ1) is 109. The fraction of sp³-hybridized carbons (Fsp3) is 0.284. The Labute approximate surface area is 841 Å². The summed E-state index contributed by atoms with van der Waals surface area (Å²) in [6, 6.07) is 21.1. The molecule has 136 heavy (non-hydrogen) atoms. The number of anilines is 4. The molecule has 0 radical (unpaired) electrons. The van der Waals surface area contributed by atoms with Crippen molar-refractivity contribution in [2.24, 2.45) is 23.7 Å². The molecular formula is C95H90BBr3Cl5F8LiN14O9. The standard InChI is InChI=1S/C26H23ClF2N4O3.C23H21ClF2N4O2.C22H22ClF2N3O.C21H20ClF2N3O.C3H3ClO.BBr3.Li.H2O/c1-5-20(34)33-14(3)11-32(12-15(33)4)26-16-10-17(27)22(24(29)25(16)30-13-31-26)23-18(28)8-7-9-19(23)36-21(35)6-2;1-4-18(32)30-12(2)9-29(10-13(30)3)23-14-8-15(24)19(21(26)22(14)27-11-28-23)20-16(25)6-5-7-17(20)31;1-12-7-13(2)10-28(9-12)22-14-8-15(23)18(20(25)21(14)26-11-27-22)19-16(24)5-4-6-17(19)29-3;1-11-6-12(2)9-27(8-11)21-13-7-14(22)17(19(24)20(13)25-10-26-21)18-15(23)4-3-5-16(18)28;1-2-3(4)5;2-1(3)4;;/h5-10,13-15H,1-2,11-12H2,3-4H3;4-8,11-13,31H,1,9-10H2,2-3H3;4-6,8,11-13H,7,9-10H2,1-3H3;3-5,7,10-12,28H,6,8-9H2,1-2H3;2H,1H2;;;1H2/q;;;;;;+1;/p-1/t14-,15+;2*12-,13+;11-,12+;;;;. The van der Waals surface area contributed by atoms with E-state index in [9.17, 15) is 47.0 Å². The van der Waals surface area contributed by atoms with Gasteiger partial charge in [0.15, 0.2) is 23.3 Å². The maximum absolute atomic E-state index is 15.9. The van der Waals surface area contributed by atoms with E-state index in [-0.39, 0.29) is 167 Å². The van der Waals surface area contributed by atoms with Gasteiger partial charge in [-0.05, 0) is 167 Å². The number of aromatic hydroxyl groups is 2. The molecule has 8 atom stereocenters. The van der Waals surface area contributed by atoms with Crippen LogP contribution in [0.5, 0.6) is 23.0 Å². The molecule has 710 valence electrons. The number of nitrogens with zero attached hydrogens (tertiary/aromatic N) is 14. The van der Waals surface area contributed by atoms with Gasteiger partial charge in [0.25, 0.3) is 0 Å². The van der Waals surface area contributed by atoms with Gasteiger partial charge in [-0.3, -0.25) is 14.4 Å². The monoisotopic (exact) mass is 2150 g/mol. The number of allylic oxidation sites excluding steroid dienone is 1. The number of aromatic nitrogens is 8. The van der Waals surface area contributed by atoms with Gasteiger partial charge in [-0.1, -0.05) is 125 Å². The van der Waals surface area contributed by atoms with Crippen LogP contribution in [0.15, 0.2) is 173 Å². The first-order valence-corrected chi connectivity index (χ1v) is 46.4. The molecule has 23 nitrogen and oxygen atoms in total.